The minimum atomic E-state index is -0.183. The predicted molar refractivity (Wildman–Crippen MR) is 115 cm³/mol. The van der Waals surface area contributed by atoms with E-state index in [4.69, 9.17) is 4.99 Å². The van der Waals surface area contributed by atoms with Crippen LogP contribution in [0.15, 0.2) is 29.3 Å². The van der Waals surface area contributed by atoms with Gasteiger partial charge in [-0.15, -0.1) is 0 Å². The zero-order valence-corrected chi connectivity index (χ0v) is 17.7. The summed E-state index contributed by atoms with van der Waals surface area (Å²) in [5, 5.41) is 16.4. The molecule has 0 radical (unpaired) electrons. The van der Waals surface area contributed by atoms with Crippen LogP contribution in [0.25, 0.3) is 0 Å². The Morgan fingerprint density at radius 1 is 1.25 bits per heavy atom. The monoisotopic (exact) mass is 392 g/mol. The van der Waals surface area contributed by atoms with Gasteiger partial charge in [0.1, 0.15) is 5.82 Å². The fourth-order valence-corrected chi connectivity index (χ4v) is 3.86. The Hall–Kier alpha value is -1.82. The lowest BCUT2D eigenvalue weighted by Gasteiger charge is -2.35. The van der Waals surface area contributed by atoms with Gasteiger partial charge in [0.2, 0.25) is 0 Å². The van der Waals surface area contributed by atoms with E-state index in [0.717, 1.165) is 69.9 Å². The van der Waals surface area contributed by atoms with Crippen LogP contribution in [0.5, 0.6) is 0 Å². The molecule has 1 aliphatic heterocycles. The molecule has 0 unspecified atom stereocenters. The van der Waals surface area contributed by atoms with E-state index in [9.17, 15) is 9.50 Å². The highest BCUT2D eigenvalue weighted by molar-refractivity contribution is 5.80. The average Bonchev–Trinajstić information content (AvgIpc) is 2.72. The van der Waals surface area contributed by atoms with E-state index in [1.54, 1.807) is 12.1 Å². The van der Waals surface area contributed by atoms with Gasteiger partial charge in [0.05, 0.1) is 0 Å². The van der Waals surface area contributed by atoms with Crippen molar-refractivity contribution in [2.24, 2.45) is 10.4 Å². The molecule has 1 heterocycles. The first-order valence-electron chi connectivity index (χ1n) is 10.7. The van der Waals surface area contributed by atoms with Gasteiger partial charge in [-0.3, -0.25) is 4.99 Å². The van der Waals surface area contributed by atoms with Gasteiger partial charge in [-0.2, -0.15) is 0 Å². The topological polar surface area (TPSA) is 59.9 Å². The summed E-state index contributed by atoms with van der Waals surface area (Å²) >= 11 is 0. The SMILES string of the molecule is CCNC(=NCC(CC)(CC)CCO)NC1CCN(c2cccc(F)c2)CC1. The Morgan fingerprint density at radius 2 is 1.96 bits per heavy atom. The molecular formula is C22H37FN4O. The van der Waals surface area contributed by atoms with Gasteiger partial charge in [-0.05, 0) is 62.6 Å². The number of aliphatic imine (C=N–C) groups is 1. The van der Waals surface area contributed by atoms with Crippen molar-refractivity contribution in [3.63, 3.8) is 0 Å². The molecule has 0 bridgehead atoms. The van der Waals surface area contributed by atoms with Crippen molar-refractivity contribution in [3.8, 4) is 0 Å². The standard InChI is InChI=1S/C22H37FN4O/c1-4-22(5-2,12-15-28)17-25-21(24-6-3)26-19-10-13-27(14-11-19)20-9-7-8-18(23)16-20/h7-9,16,19,28H,4-6,10-15,17H2,1-3H3,(H2,24,25,26). The number of nitrogens with zero attached hydrogens (tertiary/aromatic N) is 2. The van der Waals surface area contributed by atoms with Gasteiger partial charge in [0.15, 0.2) is 5.96 Å². The third-order valence-corrected chi connectivity index (χ3v) is 6.07. The molecule has 1 aromatic rings. The van der Waals surface area contributed by atoms with Crippen LogP contribution in [0.1, 0.15) is 52.9 Å². The lowest BCUT2D eigenvalue weighted by atomic mass is 9.79. The number of rotatable bonds is 9. The van der Waals surface area contributed by atoms with Crippen molar-refractivity contribution >= 4 is 11.6 Å². The fraction of sp³-hybridized carbons (Fsp3) is 0.682. The first-order valence-corrected chi connectivity index (χ1v) is 10.7. The van der Waals surface area contributed by atoms with E-state index in [0.29, 0.717) is 6.04 Å². The smallest absolute Gasteiger partial charge is 0.191 e. The number of benzene rings is 1. The molecule has 2 rings (SSSR count). The molecule has 1 saturated heterocycles. The van der Waals surface area contributed by atoms with Gasteiger partial charge in [-0.25, -0.2) is 4.39 Å². The highest BCUT2D eigenvalue weighted by Crippen LogP contribution is 2.30. The van der Waals surface area contributed by atoms with Gasteiger partial charge in [0.25, 0.3) is 0 Å². The average molecular weight is 393 g/mol. The van der Waals surface area contributed by atoms with E-state index < -0.39 is 0 Å². The number of aliphatic hydroxyl groups excluding tert-OH is 1. The molecule has 0 atom stereocenters. The van der Waals surface area contributed by atoms with Gasteiger partial charge >= 0.3 is 0 Å². The molecule has 158 valence electrons. The number of halogens is 1. The number of aliphatic hydroxyl groups is 1. The Bertz CT molecular complexity index is 610. The molecule has 1 aromatic carbocycles. The maximum atomic E-state index is 13.5. The molecule has 1 fully saturated rings. The Morgan fingerprint density at radius 3 is 2.54 bits per heavy atom. The van der Waals surface area contributed by atoms with E-state index >= 15 is 0 Å². The van der Waals surface area contributed by atoms with Gasteiger partial charge < -0.3 is 20.6 Å². The molecule has 0 aromatic heterocycles. The van der Waals surface area contributed by atoms with Crippen molar-refractivity contribution in [3.05, 3.63) is 30.1 Å². The minimum absolute atomic E-state index is 0.0673. The summed E-state index contributed by atoms with van der Waals surface area (Å²) in [6, 6.07) is 7.19. The number of hydrogen-bond acceptors (Lipinski definition) is 3. The van der Waals surface area contributed by atoms with Crippen molar-refractivity contribution in [2.45, 2.75) is 58.9 Å². The molecule has 0 aliphatic carbocycles. The second-order valence-electron chi connectivity index (χ2n) is 7.76. The van der Waals surface area contributed by atoms with E-state index in [1.807, 2.05) is 6.07 Å². The second-order valence-corrected chi connectivity index (χ2v) is 7.76. The normalized spacial score (nSPS) is 16.3. The number of anilines is 1. The van der Waals surface area contributed by atoms with E-state index in [2.05, 4.69) is 36.3 Å². The second kappa shape index (κ2) is 11.2. The van der Waals surface area contributed by atoms with Crippen LogP contribution in [0.3, 0.4) is 0 Å². The first kappa shape index (κ1) is 22.5. The molecule has 28 heavy (non-hydrogen) atoms. The van der Waals surface area contributed by atoms with Gasteiger partial charge in [-0.1, -0.05) is 19.9 Å². The Kier molecular flexibility index (Phi) is 9.03. The zero-order valence-electron chi connectivity index (χ0n) is 17.7. The zero-order chi connectivity index (χ0) is 20.4. The van der Waals surface area contributed by atoms with Crippen molar-refractivity contribution in [2.75, 3.05) is 37.7 Å². The number of hydrogen-bond donors (Lipinski definition) is 3. The number of guanidine groups is 1. The predicted octanol–water partition coefficient (Wildman–Crippen LogP) is 3.54. The minimum Gasteiger partial charge on any atom is -0.396 e. The highest BCUT2D eigenvalue weighted by atomic mass is 19.1. The molecule has 0 saturated carbocycles. The lowest BCUT2D eigenvalue weighted by molar-refractivity contribution is 0.175. The quantitative estimate of drug-likeness (QED) is 0.444. The van der Waals surface area contributed by atoms with Crippen LogP contribution in [0, 0.1) is 11.2 Å². The van der Waals surface area contributed by atoms with Gasteiger partial charge in [0, 0.05) is 44.5 Å². The molecular weight excluding hydrogens is 355 g/mol. The molecule has 0 amide bonds. The van der Waals surface area contributed by atoms with Crippen LogP contribution in [-0.2, 0) is 0 Å². The summed E-state index contributed by atoms with van der Waals surface area (Å²) in [6.07, 6.45) is 4.79. The summed E-state index contributed by atoms with van der Waals surface area (Å²) < 4.78 is 13.5. The van der Waals surface area contributed by atoms with Crippen LogP contribution in [0.4, 0.5) is 10.1 Å². The highest BCUT2D eigenvalue weighted by Gasteiger charge is 2.26. The lowest BCUT2D eigenvalue weighted by Crippen LogP contribution is -2.49. The Balaban J connectivity index is 1.93. The van der Waals surface area contributed by atoms with Crippen LogP contribution < -0.4 is 15.5 Å². The first-order chi connectivity index (χ1) is 13.6. The summed E-state index contributed by atoms with van der Waals surface area (Å²) in [4.78, 5) is 7.09. The van der Waals surface area contributed by atoms with Crippen molar-refractivity contribution in [1.82, 2.24) is 10.6 Å². The molecule has 1 aliphatic rings. The van der Waals surface area contributed by atoms with E-state index in [1.165, 1.54) is 6.07 Å². The number of piperidine rings is 1. The van der Waals surface area contributed by atoms with E-state index in [-0.39, 0.29) is 17.8 Å². The maximum Gasteiger partial charge on any atom is 0.191 e. The summed E-state index contributed by atoms with van der Waals surface area (Å²) in [5.41, 5.74) is 1.02. The fourth-order valence-electron chi connectivity index (χ4n) is 3.86. The Labute approximate surface area is 169 Å². The molecule has 5 nitrogen and oxygen atoms in total. The van der Waals surface area contributed by atoms with Crippen LogP contribution >= 0.6 is 0 Å². The maximum absolute atomic E-state index is 13.5. The number of nitrogens with one attached hydrogen (secondary N) is 2. The summed E-state index contributed by atoms with van der Waals surface area (Å²) in [7, 11) is 0. The molecule has 0 spiro atoms. The van der Waals surface area contributed by atoms with Crippen LogP contribution in [-0.4, -0.2) is 49.9 Å². The van der Waals surface area contributed by atoms with Crippen LogP contribution in [0.2, 0.25) is 0 Å². The summed E-state index contributed by atoms with van der Waals surface area (Å²) in [6.45, 7) is 9.98. The third kappa shape index (κ3) is 6.36. The van der Waals surface area contributed by atoms with Crippen molar-refractivity contribution < 1.29 is 9.50 Å². The summed E-state index contributed by atoms with van der Waals surface area (Å²) in [5.74, 6) is 0.674. The third-order valence-electron chi connectivity index (χ3n) is 6.07. The molecule has 6 heteroatoms. The van der Waals surface area contributed by atoms with Crippen molar-refractivity contribution in [1.29, 1.82) is 0 Å². The largest absolute Gasteiger partial charge is 0.396 e. The molecule has 3 N–H and O–H groups in total.